The zero-order valence-electron chi connectivity index (χ0n) is 34.9. The number of piperidine rings is 2. The van der Waals surface area contributed by atoms with Gasteiger partial charge in [-0.25, -0.2) is 39.9 Å². The fourth-order valence-corrected chi connectivity index (χ4v) is 8.97. The number of nitrogens with zero attached hydrogens (tertiary/aromatic N) is 10. The Morgan fingerprint density at radius 1 is 0.609 bits per heavy atom. The summed E-state index contributed by atoms with van der Waals surface area (Å²) in [5, 5.41) is 0. The van der Waals surface area contributed by atoms with Crippen molar-refractivity contribution in [1.82, 2.24) is 49.7 Å². The van der Waals surface area contributed by atoms with Crippen molar-refractivity contribution in [2.75, 3.05) is 37.6 Å². The molecule has 0 aliphatic carbocycles. The molecule has 0 spiro atoms. The SMILES string of the molecule is Cc1nc(-c2cnc(N)nc2C(F)(F)F)cc(C2CCCN(C(C(=O)C(c3ccccc3)N3CCCC(c4cc(-c5cnc(N)nc5C(F)(F)F)nc(C)n4)C3)c3ccccc3)C2)n1. The topological polar surface area (TPSA) is 179 Å². The van der Waals surface area contributed by atoms with Crippen LogP contribution in [-0.4, -0.2) is 81.6 Å². The molecular formula is C45H44F6N12O. The molecule has 4 unspecified atom stereocenters. The van der Waals surface area contributed by atoms with Crippen molar-refractivity contribution < 1.29 is 31.1 Å². The van der Waals surface area contributed by atoms with Crippen LogP contribution in [0.1, 0.15) is 95.2 Å². The number of nitrogens with two attached hydrogens (primary N) is 2. The Morgan fingerprint density at radius 3 is 1.38 bits per heavy atom. The molecule has 4 aromatic heterocycles. The maximum atomic E-state index is 15.6. The number of alkyl halides is 6. The van der Waals surface area contributed by atoms with Gasteiger partial charge in [0.05, 0.1) is 23.5 Å². The summed E-state index contributed by atoms with van der Waals surface area (Å²) in [5.41, 5.74) is 10.7. The second-order valence-electron chi connectivity index (χ2n) is 16.1. The Hall–Kier alpha value is -6.47. The molecule has 0 saturated carbocycles. The van der Waals surface area contributed by atoms with Gasteiger partial charge >= 0.3 is 12.4 Å². The Labute approximate surface area is 364 Å². The number of halogens is 6. The monoisotopic (exact) mass is 882 g/mol. The molecule has 2 saturated heterocycles. The number of hydrogen-bond donors (Lipinski definition) is 2. The fourth-order valence-electron chi connectivity index (χ4n) is 8.97. The number of nitrogen functional groups attached to an aromatic ring is 2. The number of rotatable bonds is 10. The molecule has 2 aliphatic heterocycles. The first kappa shape index (κ1) is 44.1. The van der Waals surface area contributed by atoms with Crippen LogP contribution < -0.4 is 11.5 Å². The number of aryl methyl sites for hydroxylation is 2. The van der Waals surface area contributed by atoms with Crippen LogP contribution in [0.25, 0.3) is 22.5 Å². The summed E-state index contributed by atoms with van der Waals surface area (Å²) >= 11 is 0. The Bertz CT molecular complexity index is 2450. The van der Waals surface area contributed by atoms with E-state index in [1.165, 1.54) is 12.1 Å². The van der Waals surface area contributed by atoms with Gasteiger partial charge in [0.2, 0.25) is 11.9 Å². The van der Waals surface area contributed by atoms with Gasteiger partial charge in [-0.3, -0.25) is 14.6 Å². The lowest BCUT2D eigenvalue weighted by atomic mass is 9.85. The van der Waals surface area contributed by atoms with Gasteiger partial charge in [-0.1, -0.05) is 60.7 Å². The number of benzene rings is 2. The molecule has 4 atom stereocenters. The van der Waals surface area contributed by atoms with E-state index in [0.29, 0.717) is 63.3 Å². The first-order chi connectivity index (χ1) is 30.5. The fraction of sp³-hybridized carbons (Fsp3) is 0.356. The summed E-state index contributed by atoms with van der Waals surface area (Å²) in [6.07, 6.45) is -4.92. The second-order valence-corrected chi connectivity index (χ2v) is 16.1. The molecule has 0 amide bonds. The van der Waals surface area contributed by atoms with Gasteiger partial charge in [-0.15, -0.1) is 0 Å². The second kappa shape index (κ2) is 18.0. The van der Waals surface area contributed by atoms with Gasteiger partial charge in [0.25, 0.3) is 0 Å². The van der Waals surface area contributed by atoms with E-state index in [0.717, 1.165) is 23.5 Å². The van der Waals surface area contributed by atoms with Crippen LogP contribution in [0.5, 0.6) is 0 Å². The van der Waals surface area contributed by atoms with Crippen molar-refractivity contribution in [2.24, 2.45) is 0 Å². The summed E-state index contributed by atoms with van der Waals surface area (Å²) in [4.78, 5) is 52.6. The molecule has 6 heterocycles. The van der Waals surface area contributed by atoms with Crippen LogP contribution in [0, 0.1) is 13.8 Å². The lowest BCUT2D eigenvalue weighted by Crippen LogP contribution is -2.47. The molecule has 2 aliphatic rings. The standard InChI is InChI=1S/C45H44F6N12O/c1-25-56-33(19-35(58-25)31-21-54-42(52)60-40(31)44(46,47)48)29-15-9-17-62(23-29)37(27-11-5-3-6-12-27)39(64)38(28-13-7-4-8-14-28)63-18-10-16-30(24-63)34-20-36(59-26(2)57-34)32-22-55-43(53)61-41(32)45(49,50)51/h3-8,11-14,19-22,29-30,37-38H,9-10,15-18,23-24H2,1-2H3,(H2,52,54,60)(H2,53,55,61). The van der Waals surface area contributed by atoms with Crippen molar-refractivity contribution in [3.63, 3.8) is 0 Å². The van der Waals surface area contributed by atoms with Crippen molar-refractivity contribution >= 4 is 17.7 Å². The third-order valence-electron chi connectivity index (χ3n) is 11.7. The van der Waals surface area contributed by atoms with Crippen LogP contribution in [0.3, 0.4) is 0 Å². The predicted octanol–water partition coefficient (Wildman–Crippen LogP) is 8.11. The first-order valence-corrected chi connectivity index (χ1v) is 20.8. The van der Waals surface area contributed by atoms with E-state index in [-0.39, 0.29) is 51.8 Å². The molecule has 332 valence electrons. The van der Waals surface area contributed by atoms with Gasteiger partial charge < -0.3 is 11.5 Å². The zero-order chi connectivity index (χ0) is 45.3. The third kappa shape index (κ3) is 9.54. The molecule has 4 N–H and O–H groups in total. The summed E-state index contributed by atoms with van der Waals surface area (Å²) < 4.78 is 84.9. The molecule has 8 rings (SSSR count). The summed E-state index contributed by atoms with van der Waals surface area (Å²) in [6.45, 7) is 5.08. The molecule has 6 aromatic rings. The molecule has 0 bridgehead atoms. The van der Waals surface area contributed by atoms with Gasteiger partial charge in [0, 0.05) is 59.8 Å². The van der Waals surface area contributed by atoms with Gasteiger partial charge in [-0.05, 0) is 75.9 Å². The number of Topliss-reactive ketones (excluding diaryl/α,β-unsaturated/α-hetero) is 1. The molecule has 19 heteroatoms. The van der Waals surface area contributed by atoms with Crippen molar-refractivity contribution in [3.05, 3.63) is 131 Å². The predicted molar refractivity (Wildman–Crippen MR) is 225 cm³/mol. The van der Waals surface area contributed by atoms with Crippen LogP contribution in [0.4, 0.5) is 38.2 Å². The van der Waals surface area contributed by atoms with Crippen LogP contribution in [-0.2, 0) is 17.1 Å². The maximum absolute atomic E-state index is 15.6. The highest BCUT2D eigenvalue weighted by Gasteiger charge is 2.42. The Morgan fingerprint density at radius 2 is 1.00 bits per heavy atom. The highest BCUT2D eigenvalue weighted by molar-refractivity contribution is 5.91. The Kier molecular flexibility index (Phi) is 12.4. The van der Waals surface area contributed by atoms with E-state index in [1.807, 2.05) is 60.7 Å². The lowest BCUT2D eigenvalue weighted by molar-refractivity contribution is -0.141. The van der Waals surface area contributed by atoms with Gasteiger partial charge in [-0.2, -0.15) is 26.3 Å². The summed E-state index contributed by atoms with van der Waals surface area (Å²) in [5.74, 6) is -1.12. The number of likely N-dealkylation sites (tertiary alicyclic amines) is 2. The largest absolute Gasteiger partial charge is 0.434 e. The van der Waals surface area contributed by atoms with Crippen LogP contribution >= 0.6 is 0 Å². The minimum Gasteiger partial charge on any atom is -0.368 e. The quantitative estimate of drug-likeness (QED) is 0.126. The van der Waals surface area contributed by atoms with Crippen molar-refractivity contribution in [2.45, 2.75) is 75.8 Å². The average Bonchev–Trinajstić information content (AvgIpc) is 3.26. The molecule has 0 radical (unpaired) electrons. The van der Waals surface area contributed by atoms with E-state index in [4.69, 9.17) is 21.4 Å². The average molecular weight is 883 g/mol. The Balaban J connectivity index is 1.13. The number of ketones is 1. The molecule has 2 aromatic carbocycles. The van der Waals surface area contributed by atoms with Crippen LogP contribution in [0.15, 0.2) is 85.2 Å². The van der Waals surface area contributed by atoms with Crippen LogP contribution in [0.2, 0.25) is 0 Å². The normalized spacial score (nSPS) is 18.7. The highest BCUT2D eigenvalue weighted by atomic mass is 19.4. The lowest BCUT2D eigenvalue weighted by Gasteiger charge is -2.42. The molecule has 13 nitrogen and oxygen atoms in total. The van der Waals surface area contributed by atoms with E-state index < -0.39 is 47.7 Å². The van der Waals surface area contributed by atoms with E-state index in [1.54, 1.807) is 13.8 Å². The third-order valence-corrected chi connectivity index (χ3v) is 11.7. The van der Waals surface area contributed by atoms with E-state index in [9.17, 15) is 26.3 Å². The summed E-state index contributed by atoms with van der Waals surface area (Å²) in [6, 6.07) is 20.5. The summed E-state index contributed by atoms with van der Waals surface area (Å²) in [7, 11) is 0. The number of anilines is 2. The zero-order valence-corrected chi connectivity index (χ0v) is 34.9. The van der Waals surface area contributed by atoms with Gasteiger partial charge in [0.15, 0.2) is 17.2 Å². The van der Waals surface area contributed by atoms with Crippen molar-refractivity contribution in [1.29, 1.82) is 0 Å². The number of carbonyl (C=O) groups excluding carboxylic acids is 1. The van der Waals surface area contributed by atoms with Crippen molar-refractivity contribution in [3.8, 4) is 22.5 Å². The minimum absolute atomic E-state index is 0.0139. The minimum atomic E-state index is -4.82. The number of aromatic nitrogens is 8. The van der Waals surface area contributed by atoms with Gasteiger partial charge in [0.1, 0.15) is 11.6 Å². The first-order valence-electron chi connectivity index (χ1n) is 20.8. The van der Waals surface area contributed by atoms with E-state index >= 15 is 4.79 Å². The van der Waals surface area contributed by atoms with E-state index in [2.05, 4.69) is 39.7 Å². The number of hydrogen-bond acceptors (Lipinski definition) is 13. The number of carbonyl (C=O) groups is 1. The molecular weight excluding hydrogens is 839 g/mol. The smallest absolute Gasteiger partial charge is 0.368 e. The highest BCUT2D eigenvalue weighted by Crippen LogP contribution is 2.42. The maximum Gasteiger partial charge on any atom is 0.434 e. The molecule has 64 heavy (non-hydrogen) atoms. The molecule has 2 fully saturated rings.